The molecule has 0 aliphatic rings. The molecule has 2 amide bonds. The van der Waals surface area contributed by atoms with E-state index in [0.717, 1.165) is 5.56 Å². The average molecular weight is 346 g/mol. The lowest BCUT2D eigenvalue weighted by molar-refractivity contribution is 0.0845. The highest BCUT2D eigenvalue weighted by Crippen LogP contribution is 2.28. The number of carbonyl (C=O) groups is 2. The van der Waals surface area contributed by atoms with Gasteiger partial charge in [0.15, 0.2) is 11.5 Å². The Bertz CT molecular complexity index is 795. The highest BCUT2D eigenvalue weighted by atomic mass is 16.5. The maximum absolute atomic E-state index is 12.3. The van der Waals surface area contributed by atoms with Gasteiger partial charge < -0.3 is 13.9 Å². The Morgan fingerprint density at radius 3 is 2.28 bits per heavy atom. The van der Waals surface area contributed by atoms with E-state index in [1.807, 2.05) is 6.92 Å². The quantitative estimate of drug-likeness (QED) is 0.813. The summed E-state index contributed by atoms with van der Waals surface area (Å²) < 4.78 is 16.0. The van der Waals surface area contributed by atoms with Crippen LogP contribution in [0.5, 0.6) is 11.5 Å². The van der Waals surface area contributed by atoms with Crippen LogP contribution in [0, 0.1) is 20.8 Å². The number of furan rings is 1. The van der Waals surface area contributed by atoms with Crippen molar-refractivity contribution >= 4 is 11.8 Å². The summed E-state index contributed by atoms with van der Waals surface area (Å²) in [5.74, 6) is 1.27. The van der Waals surface area contributed by atoms with E-state index in [-0.39, 0.29) is 0 Å². The van der Waals surface area contributed by atoms with Gasteiger partial charge in [-0.1, -0.05) is 0 Å². The topological polar surface area (TPSA) is 89.8 Å². The van der Waals surface area contributed by atoms with Gasteiger partial charge in [-0.25, -0.2) is 0 Å². The molecule has 2 aromatic rings. The number of aryl methyl sites for hydroxylation is 2. The Balaban J connectivity index is 2.08. The minimum Gasteiger partial charge on any atom is -0.493 e. The fourth-order valence-electron chi connectivity index (χ4n) is 2.46. The molecule has 0 bridgehead atoms. The maximum Gasteiger partial charge on any atom is 0.273 e. The predicted octanol–water partition coefficient (Wildman–Crippen LogP) is 2.69. The first-order valence-electron chi connectivity index (χ1n) is 7.87. The minimum atomic E-state index is -0.467. The van der Waals surface area contributed by atoms with Gasteiger partial charge in [-0.05, 0) is 45.9 Å². The fourth-order valence-corrected chi connectivity index (χ4v) is 2.46. The van der Waals surface area contributed by atoms with Gasteiger partial charge in [0.2, 0.25) is 0 Å². The largest absolute Gasteiger partial charge is 0.493 e. The van der Waals surface area contributed by atoms with Gasteiger partial charge in [-0.2, -0.15) is 0 Å². The lowest BCUT2D eigenvalue weighted by Crippen LogP contribution is -2.42. The van der Waals surface area contributed by atoms with Crippen LogP contribution < -0.4 is 20.3 Å². The molecule has 25 heavy (non-hydrogen) atoms. The molecule has 2 rings (SSSR count). The molecule has 0 radical (unpaired) electrons. The molecule has 0 aliphatic heterocycles. The molecule has 0 spiro atoms. The Hall–Kier alpha value is -2.96. The second-order valence-electron chi connectivity index (χ2n) is 5.42. The first-order valence-corrected chi connectivity index (χ1v) is 7.87. The van der Waals surface area contributed by atoms with Gasteiger partial charge in [-0.15, -0.1) is 0 Å². The lowest BCUT2D eigenvalue weighted by Gasteiger charge is -2.11. The standard InChI is InChI=1S/C18H22N2O5/c1-6-24-14-8-7-13(9-15(14)23-5)17(21)19-20-18(22)16-10(2)11(3)25-12(16)4/h7-9H,6H2,1-5H3,(H,19,21)(H,20,22). The molecule has 0 saturated heterocycles. The maximum atomic E-state index is 12.3. The van der Waals surface area contributed by atoms with E-state index >= 15 is 0 Å². The number of ether oxygens (including phenoxy) is 2. The number of methoxy groups -OCH3 is 1. The molecule has 0 fully saturated rings. The molecule has 7 heteroatoms. The SMILES string of the molecule is CCOc1ccc(C(=O)NNC(=O)c2c(C)oc(C)c2C)cc1OC. The van der Waals surface area contributed by atoms with Crippen molar-refractivity contribution in [2.75, 3.05) is 13.7 Å². The van der Waals surface area contributed by atoms with Crippen molar-refractivity contribution in [3.05, 3.63) is 46.4 Å². The predicted molar refractivity (Wildman–Crippen MR) is 92.0 cm³/mol. The van der Waals surface area contributed by atoms with Crippen molar-refractivity contribution in [1.29, 1.82) is 0 Å². The van der Waals surface area contributed by atoms with Crippen LogP contribution >= 0.6 is 0 Å². The van der Waals surface area contributed by atoms with E-state index in [2.05, 4.69) is 10.9 Å². The lowest BCUT2D eigenvalue weighted by atomic mass is 10.1. The fraction of sp³-hybridized carbons (Fsp3) is 0.333. The van der Waals surface area contributed by atoms with Gasteiger partial charge in [0.05, 0.1) is 19.3 Å². The molecule has 134 valence electrons. The number of rotatable bonds is 5. The van der Waals surface area contributed by atoms with Crippen LogP contribution in [0.4, 0.5) is 0 Å². The third kappa shape index (κ3) is 3.93. The number of hydrogen-bond donors (Lipinski definition) is 2. The number of hydrazine groups is 1. The Morgan fingerprint density at radius 1 is 1.04 bits per heavy atom. The van der Waals surface area contributed by atoms with Gasteiger partial charge in [-0.3, -0.25) is 20.4 Å². The van der Waals surface area contributed by atoms with E-state index in [9.17, 15) is 9.59 Å². The summed E-state index contributed by atoms with van der Waals surface area (Å²) >= 11 is 0. The summed E-state index contributed by atoms with van der Waals surface area (Å²) in [6, 6.07) is 4.78. The zero-order valence-corrected chi connectivity index (χ0v) is 15.0. The molecular weight excluding hydrogens is 324 g/mol. The zero-order chi connectivity index (χ0) is 18.6. The van der Waals surface area contributed by atoms with Crippen LogP contribution in [0.25, 0.3) is 0 Å². The van der Waals surface area contributed by atoms with Crippen LogP contribution in [0.15, 0.2) is 22.6 Å². The van der Waals surface area contributed by atoms with Crippen molar-refractivity contribution in [2.45, 2.75) is 27.7 Å². The van der Waals surface area contributed by atoms with Crippen molar-refractivity contribution in [3.8, 4) is 11.5 Å². The van der Waals surface area contributed by atoms with E-state index in [4.69, 9.17) is 13.9 Å². The van der Waals surface area contributed by atoms with Crippen molar-refractivity contribution in [3.63, 3.8) is 0 Å². The molecular formula is C18H22N2O5. The molecule has 0 aliphatic carbocycles. The van der Waals surface area contributed by atoms with Crippen molar-refractivity contribution in [2.24, 2.45) is 0 Å². The van der Waals surface area contributed by atoms with Gasteiger partial charge >= 0.3 is 0 Å². The third-order valence-corrected chi connectivity index (χ3v) is 3.80. The summed E-state index contributed by atoms with van der Waals surface area (Å²) in [7, 11) is 1.49. The molecule has 0 saturated carbocycles. The van der Waals surface area contributed by atoms with Crippen LogP contribution in [0.2, 0.25) is 0 Å². The van der Waals surface area contributed by atoms with Crippen molar-refractivity contribution < 1.29 is 23.5 Å². The normalized spacial score (nSPS) is 10.3. The monoisotopic (exact) mass is 346 g/mol. The van der Waals surface area contributed by atoms with Gasteiger partial charge in [0, 0.05) is 11.1 Å². The Labute approximate surface area is 146 Å². The summed E-state index contributed by atoms with van der Waals surface area (Å²) in [6.45, 7) is 7.62. The third-order valence-electron chi connectivity index (χ3n) is 3.80. The molecule has 2 N–H and O–H groups in total. The average Bonchev–Trinajstić information content (AvgIpc) is 2.85. The van der Waals surface area contributed by atoms with Gasteiger partial charge in [0.1, 0.15) is 11.5 Å². The minimum absolute atomic E-state index is 0.331. The number of nitrogens with one attached hydrogen (secondary N) is 2. The first kappa shape index (κ1) is 18.4. The number of amides is 2. The van der Waals surface area contributed by atoms with Crippen LogP contribution in [-0.2, 0) is 0 Å². The second-order valence-corrected chi connectivity index (χ2v) is 5.42. The smallest absolute Gasteiger partial charge is 0.273 e. The molecule has 7 nitrogen and oxygen atoms in total. The molecule has 0 unspecified atom stereocenters. The number of carbonyl (C=O) groups excluding carboxylic acids is 2. The summed E-state index contributed by atoms with van der Waals surface area (Å²) in [4.78, 5) is 24.5. The number of benzene rings is 1. The highest BCUT2D eigenvalue weighted by Gasteiger charge is 2.19. The first-order chi connectivity index (χ1) is 11.9. The van der Waals surface area contributed by atoms with E-state index < -0.39 is 11.8 Å². The van der Waals surface area contributed by atoms with Crippen molar-refractivity contribution in [1.82, 2.24) is 10.9 Å². The molecule has 1 heterocycles. The summed E-state index contributed by atoms with van der Waals surface area (Å²) in [5, 5.41) is 0. The highest BCUT2D eigenvalue weighted by molar-refractivity contribution is 6.00. The van der Waals surface area contributed by atoms with Gasteiger partial charge in [0.25, 0.3) is 11.8 Å². The Morgan fingerprint density at radius 2 is 1.72 bits per heavy atom. The number of hydrogen-bond acceptors (Lipinski definition) is 5. The van der Waals surface area contributed by atoms with Crippen LogP contribution in [0.1, 0.15) is 44.7 Å². The molecule has 1 aromatic heterocycles. The Kier molecular flexibility index (Phi) is 5.69. The second kappa shape index (κ2) is 7.74. The van der Waals surface area contributed by atoms with E-state index in [0.29, 0.717) is 40.8 Å². The molecule has 1 aromatic carbocycles. The summed E-state index contributed by atoms with van der Waals surface area (Å²) in [5.41, 5.74) is 6.28. The van der Waals surface area contributed by atoms with E-state index in [1.54, 1.807) is 39.0 Å². The zero-order valence-electron chi connectivity index (χ0n) is 15.0. The van der Waals surface area contributed by atoms with Crippen LogP contribution in [-0.4, -0.2) is 25.5 Å². The van der Waals surface area contributed by atoms with E-state index in [1.165, 1.54) is 7.11 Å². The summed E-state index contributed by atoms with van der Waals surface area (Å²) in [6.07, 6.45) is 0. The molecule has 0 atom stereocenters. The van der Waals surface area contributed by atoms with Crippen LogP contribution in [0.3, 0.4) is 0 Å².